The first-order valence-corrected chi connectivity index (χ1v) is 6.95. The van der Waals surface area contributed by atoms with E-state index >= 15 is 0 Å². The maximum Gasteiger partial charge on any atom is 0.137 e. The van der Waals surface area contributed by atoms with Gasteiger partial charge in [-0.3, -0.25) is 4.98 Å². The standard InChI is InChI=1S/C14H17NO2S/c1-2-5-17-12-7-11(9-15-10-12)14(16)8-13-4-3-6-18-13/h3-4,6-7,9-10,14,16H,2,5,8H2,1H3. The fraction of sp³-hybridized carbons (Fsp3) is 0.357. The average Bonchev–Trinajstić information content (AvgIpc) is 2.89. The van der Waals surface area contributed by atoms with Crippen LogP contribution in [0.25, 0.3) is 0 Å². The van der Waals surface area contributed by atoms with E-state index in [4.69, 9.17) is 4.74 Å². The number of thiophene rings is 1. The predicted molar refractivity (Wildman–Crippen MR) is 73.0 cm³/mol. The molecule has 0 bridgehead atoms. The molecule has 0 fully saturated rings. The van der Waals surface area contributed by atoms with Crippen LogP contribution >= 0.6 is 11.3 Å². The molecule has 0 aliphatic carbocycles. The summed E-state index contributed by atoms with van der Waals surface area (Å²) in [6.45, 7) is 2.73. The summed E-state index contributed by atoms with van der Waals surface area (Å²) in [4.78, 5) is 5.28. The number of nitrogens with zero attached hydrogens (tertiary/aromatic N) is 1. The van der Waals surface area contributed by atoms with Gasteiger partial charge in [-0.25, -0.2) is 0 Å². The van der Waals surface area contributed by atoms with Crippen LogP contribution in [-0.4, -0.2) is 16.7 Å². The zero-order valence-electron chi connectivity index (χ0n) is 10.4. The van der Waals surface area contributed by atoms with Crippen LogP contribution in [0.4, 0.5) is 0 Å². The molecule has 0 aromatic carbocycles. The zero-order valence-corrected chi connectivity index (χ0v) is 11.2. The van der Waals surface area contributed by atoms with Crippen molar-refractivity contribution >= 4 is 11.3 Å². The lowest BCUT2D eigenvalue weighted by molar-refractivity contribution is 0.178. The molecule has 2 aromatic heterocycles. The Kier molecular flexibility index (Phi) is 4.73. The van der Waals surface area contributed by atoms with Gasteiger partial charge in [-0.1, -0.05) is 13.0 Å². The molecule has 0 aliphatic heterocycles. The predicted octanol–water partition coefficient (Wildman–Crippen LogP) is 3.21. The first-order valence-electron chi connectivity index (χ1n) is 6.07. The molecule has 2 rings (SSSR count). The van der Waals surface area contributed by atoms with Crippen LogP contribution in [0.15, 0.2) is 36.0 Å². The molecular formula is C14H17NO2S. The van der Waals surface area contributed by atoms with E-state index in [1.54, 1.807) is 23.7 Å². The molecule has 0 radical (unpaired) electrons. The molecule has 4 heteroatoms. The maximum atomic E-state index is 10.2. The van der Waals surface area contributed by atoms with Gasteiger partial charge in [-0.15, -0.1) is 11.3 Å². The molecule has 18 heavy (non-hydrogen) atoms. The number of ether oxygens (including phenoxy) is 1. The van der Waals surface area contributed by atoms with Crippen LogP contribution in [0.1, 0.15) is 29.9 Å². The van der Waals surface area contributed by atoms with E-state index in [0.29, 0.717) is 13.0 Å². The van der Waals surface area contributed by atoms with Gasteiger partial charge in [0.05, 0.1) is 18.9 Å². The molecule has 0 aliphatic rings. The number of pyridine rings is 1. The lowest BCUT2D eigenvalue weighted by Crippen LogP contribution is -2.03. The number of rotatable bonds is 6. The highest BCUT2D eigenvalue weighted by Gasteiger charge is 2.10. The van der Waals surface area contributed by atoms with Crippen LogP contribution in [0, 0.1) is 0 Å². The molecule has 0 spiro atoms. The van der Waals surface area contributed by atoms with E-state index < -0.39 is 6.10 Å². The van der Waals surface area contributed by atoms with Crippen molar-refractivity contribution < 1.29 is 9.84 Å². The zero-order chi connectivity index (χ0) is 12.8. The minimum atomic E-state index is -0.527. The summed E-state index contributed by atoms with van der Waals surface area (Å²) in [5, 5.41) is 12.2. The summed E-state index contributed by atoms with van der Waals surface area (Å²) in [6, 6.07) is 5.88. The normalized spacial score (nSPS) is 12.3. The topological polar surface area (TPSA) is 42.4 Å². The van der Waals surface area contributed by atoms with Crippen molar-refractivity contribution in [2.24, 2.45) is 0 Å². The highest BCUT2D eigenvalue weighted by molar-refractivity contribution is 7.09. The van der Waals surface area contributed by atoms with Gasteiger partial charge in [-0.2, -0.15) is 0 Å². The van der Waals surface area contributed by atoms with E-state index in [9.17, 15) is 5.11 Å². The average molecular weight is 263 g/mol. The first kappa shape index (κ1) is 13.1. The quantitative estimate of drug-likeness (QED) is 0.870. The van der Waals surface area contributed by atoms with Gasteiger partial charge in [0.25, 0.3) is 0 Å². The number of aliphatic hydroxyl groups excluding tert-OH is 1. The largest absolute Gasteiger partial charge is 0.492 e. The van der Waals surface area contributed by atoms with Gasteiger partial charge in [0.2, 0.25) is 0 Å². The molecule has 3 nitrogen and oxygen atoms in total. The Balaban J connectivity index is 2.03. The van der Waals surface area contributed by atoms with Gasteiger partial charge >= 0.3 is 0 Å². The van der Waals surface area contributed by atoms with E-state index in [1.807, 2.05) is 23.6 Å². The molecule has 2 heterocycles. The van der Waals surface area contributed by atoms with E-state index in [-0.39, 0.29) is 0 Å². The molecule has 0 saturated heterocycles. The summed E-state index contributed by atoms with van der Waals surface area (Å²) in [5.74, 6) is 0.722. The van der Waals surface area contributed by atoms with Gasteiger partial charge in [-0.05, 0) is 23.9 Å². The van der Waals surface area contributed by atoms with Gasteiger partial charge in [0, 0.05) is 23.1 Å². The van der Waals surface area contributed by atoms with E-state index in [0.717, 1.165) is 17.7 Å². The first-order chi connectivity index (χ1) is 8.79. The third-order valence-electron chi connectivity index (χ3n) is 2.57. The fourth-order valence-electron chi connectivity index (χ4n) is 1.65. The second-order valence-electron chi connectivity index (χ2n) is 4.10. The van der Waals surface area contributed by atoms with Gasteiger partial charge < -0.3 is 9.84 Å². The van der Waals surface area contributed by atoms with Crippen molar-refractivity contribution in [3.63, 3.8) is 0 Å². The maximum absolute atomic E-state index is 10.2. The van der Waals surface area contributed by atoms with Crippen molar-refractivity contribution in [3.05, 3.63) is 46.4 Å². The molecule has 1 N–H and O–H groups in total. The Morgan fingerprint density at radius 3 is 3.06 bits per heavy atom. The van der Waals surface area contributed by atoms with Crippen molar-refractivity contribution in [2.45, 2.75) is 25.9 Å². The lowest BCUT2D eigenvalue weighted by atomic mass is 10.1. The van der Waals surface area contributed by atoms with Crippen molar-refractivity contribution in [1.29, 1.82) is 0 Å². The summed E-state index contributed by atoms with van der Waals surface area (Å²) in [6.07, 6.45) is 4.42. The minimum Gasteiger partial charge on any atom is -0.492 e. The van der Waals surface area contributed by atoms with Gasteiger partial charge in [0.1, 0.15) is 5.75 Å². The molecule has 1 unspecified atom stereocenters. The Labute approximate surface area is 111 Å². The molecule has 1 atom stereocenters. The van der Waals surface area contributed by atoms with Crippen LogP contribution < -0.4 is 4.74 Å². The molecule has 0 saturated carbocycles. The summed E-state index contributed by atoms with van der Waals surface area (Å²) < 4.78 is 5.51. The van der Waals surface area contributed by atoms with Crippen molar-refractivity contribution in [1.82, 2.24) is 4.98 Å². The third-order valence-corrected chi connectivity index (χ3v) is 3.47. The Hall–Kier alpha value is -1.39. The van der Waals surface area contributed by atoms with Gasteiger partial charge in [0.15, 0.2) is 0 Å². The highest BCUT2D eigenvalue weighted by Crippen LogP contribution is 2.23. The van der Waals surface area contributed by atoms with E-state index in [2.05, 4.69) is 11.9 Å². The van der Waals surface area contributed by atoms with Crippen LogP contribution in [0.2, 0.25) is 0 Å². The van der Waals surface area contributed by atoms with Crippen LogP contribution in [0.5, 0.6) is 5.75 Å². The summed E-state index contributed by atoms with van der Waals surface area (Å²) in [7, 11) is 0. The van der Waals surface area contributed by atoms with Crippen molar-refractivity contribution in [2.75, 3.05) is 6.61 Å². The van der Waals surface area contributed by atoms with E-state index in [1.165, 1.54) is 4.88 Å². The second-order valence-corrected chi connectivity index (χ2v) is 5.13. The summed E-state index contributed by atoms with van der Waals surface area (Å²) in [5.41, 5.74) is 0.803. The SMILES string of the molecule is CCCOc1cncc(C(O)Cc2cccs2)c1. The number of hydrogen-bond donors (Lipinski definition) is 1. The summed E-state index contributed by atoms with van der Waals surface area (Å²) >= 11 is 1.65. The Bertz CT molecular complexity index is 470. The minimum absolute atomic E-state index is 0.527. The number of aliphatic hydroxyl groups is 1. The molecule has 0 amide bonds. The molecule has 2 aromatic rings. The Morgan fingerprint density at radius 2 is 2.33 bits per heavy atom. The van der Waals surface area contributed by atoms with Crippen LogP contribution in [0.3, 0.4) is 0 Å². The van der Waals surface area contributed by atoms with Crippen molar-refractivity contribution in [3.8, 4) is 5.75 Å². The lowest BCUT2D eigenvalue weighted by Gasteiger charge is -2.11. The second kappa shape index (κ2) is 6.52. The smallest absolute Gasteiger partial charge is 0.137 e. The number of hydrogen-bond acceptors (Lipinski definition) is 4. The van der Waals surface area contributed by atoms with Crippen LogP contribution in [-0.2, 0) is 6.42 Å². The molecule has 96 valence electrons. The highest BCUT2D eigenvalue weighted by atomic mass is 32.1. The molecular weight excluding hydrogens is 246 g/mol. The monoisotopic (exact) mass is 263 g/mol. The third kappa shape index (κ3) is 3.55. The number of aromatic nitrogens is 1. The Morgan fingerprint density at radius 1 is 1.44 bits per heavy atom. The fourth-order valence-corrected chi connectivity index (χ4v) is 2.40.